The smallest absolute Gasteiger partial charge is 0.234 e. The van der Waals surface area contributed by atoms with Gasteiger partial charge in [-0.1, -0.05) is 19.3 Å². The minimum atomic E-state index is 0.214. The summed E-state index contributed by atoms with van der Waals surface area (Å²) in [6, 6.07) is 0.912. The zero-order valence-electron chi connectivity index (χ0n) is 10.9. The van der Waals surface area contributed by atoms with Gasteiger partial charge in [0.15, 0.2) is 0 Å². The molecule has 1 saturated heterocycles. The number of nitrogens with zero attached hydrogens (tertiary/aromatic N) is 1. The topological polar surface area (TPSA) is 44.4 Å². The summed E-state index contributed by atoms with van der Waals surface area (Å²) >= 11 is 0. The van der Waals surface area contributed by atoms with Crippen LogP contribution in [-0.2, 0) is 4.79 Å². The SMILES string of the molecule is C[C@@H]1CNCCN1CC(=O)NC1CCCCC1. The molecule has 2 fully saturated rings. The first-order valence-corrected chi connectivity index (χ1v) is 7.00. The maximum absolute atomic E-state index is 12.0. The van der Waals surface area contributed by atoms with Crippen LogP contribution in [0.1, 0.15) is 39.0 Å². The largest absolute Gasteiger partial charge is 0.352 e. The lowest BCUT2D eigenvalue weighted by atomic mass is 9.95. The molecule has 0 bridgehead atoms. The van der Waals surface area contributed by atoms with Crippen molar-refractivity contribution in [3.63, 3.8) is 0 Å². The van der Waals surface area contributed by atoms with Crippen molar-refractivity contribution in [1.82, 2.24) is 15.5 Å². The van der Waals surface area contributed by atoms with E-state index in [1.807, 2.05) is 0 Å². The van der Waals surface area contributed by atoms with Gasteiger partial charge in [0.25, 0.3) is 0 Å². The molecule has 2 N–H and O–H groups in total. The van der Waals surface area contributed by atoms with Gasteiger partial charge in [-0.25, -0.2) is 0 Å². The van der Waals surface area contributed by atoms with Crippen LogP contribution in [0.25, 0.3) is 0 Å². The zero-order chi connectivity index (χ0) is 12.1. The summed E-state index contributed by atoms with van der Waals surface area (Å²) < 4.78 is 0. The van der Waals surface area contributed by atoms with Gasteiger partial charge in [-0.2, -0.15) is 0 Å². The third-order valence-corrected chi connectivity index (χ3v) is 3.96. The number of piperazine rings is 1. The second-order valence-electron chi connectivity index (χ2n) is 5.43. The molecule has 0 aromatic rings. The van der Waals surface area contributed by atoms with Crippen molar-refractivity contribution in [2.24, 2.45) is 0 Å². The Morgan fingerprint density at radius 1 is 1.35 bits per heavy atom. The molecule has 17 heavy (non-hydrogen) atoms. The number of carbonyl (C=O) groups excluding carboxylic acids is 1. The fourth-order valence-corrected chi connectivity index (χ4v) is 2.82. The molecule has 4 nitrogen and oxygen atoms in total. The Hall–Kier alpha value is -0.610. The van der Waals surface area contributed by atoms with Crippen molar-refractivity contribution >= 4 is 5.91 Å². The highest BCUT2D eigenvalue weighted by molar-refractivity contribution is 5.78. The van der Waals surface area contributed by atoms with Crippen LogP contribution in [0.2, 0.25) is 0 Å². The summed E-state index contributed by atoms with van der Waals surface area (Å²) in [5.74, 6) is 0.214. The van der Waals surface area contributed by atoms with E-state index in [0.29, 0.717) is 18.6 Å². The van der Waals surface area contributed by atoms with Crippen LogP contribution < -0.4 is 10.6 Å². The van der Waals surface area contributed by atoms with E-state index in [0.717, 1.165) is 19.6 Å². The molecule has 0 radical (unpaired) electrons. The van der Waals surface area contributed by atoms with E-state index in [1.54, 1.807) is 0 Å². The molecule has 0 unspecified atom stereocenters. The lowest BCUT2D eigenvalue weighted by molar-refractivity contribution is -0.123. The van der Waals surface area contributed by atoms with Crippen molar-refractivity contribution in [3.05, 3.63) is 0 Å². The predicted molar refractivity (Wildman–Crippen MR) is 68.9 cm³/mol. The number of rotatable bonds is 3. The average Bonchev–Trinajstić information content (AvgIpc) is 2.33. The highest BCUT2D eigenvalue weighted by atomic mass is 16.2. The molecule has 1 heterocycles. The quantitative estimate of drug-likeness (QED) is 0.763. The second kappa shape index (κ2) is 6.36. The highest BCUT2D eigenvalue weighted by Crippen LogP contribution is 2.17. The van der Waals surface area contributed by atoms with Crippen LogP contribution in [0, 0.1) is 0 Å². The molecule has 4 heteroatoms. The Bertz CT molecular complexity index is 251. The van der Waals surface area contributed by atoms with Crippen LogP contribution in [-0.4, -0.2) is 49.1 Å². The van der Waals surface area contributed by atoms with Gasteiger partial charge in [-0.05, 0) is 19.8 Å². The van der Waals surface area contributed by atoms with Crippen LogP contribution >= 0.6 is 0 Å². The van der Waals surface area contributed by atoms with Crippen LogP contribution in [0.15, 0.2) is 0 Å². The Balaban J connectivity index is 1.72. The van der Waals surface area contributed by atoms with Crippen molar-refractivity contribution in [3.8, 4) is 0 Å². The molecule has 2 rings (SSSR count). The van der Waals surface area contributed by atoms with Gasteiger partial charge >= 0.3 is 0 Å². The van der Waals surface area contributed by atoms with Crippen LogP contribution in [0.5, 0.6) is 0 Å². The van der Waals surface area contributed by atoms with E-state index in [9.17, 15) is 4.79 Å². The molecular weight excluding hydrogens is 214 g/mol. The second-order valence-corrected chi connectivity index (χ2v) is 5.43. The van der Waals surface area contributed by atoms with Crippen LogP contribution in [0.3, 0.4) is 0 Å². The Labute approximate surface area is 104 Å². The Morgan fingerprint density at radius 3 is 2.82 bits per heavy atom. The number of carbonyl (C=O) groups is 1. The Morgan fingerprint density at radius 2 is 2.12 bits per heavy atom. The van der Waals surface area contributed by atoms with Crippen molar-refractivity contribution in [1.29, 1.82) is 0 Å². The fourth-order valence-electron chi connectivity index (χ4n) is 2.82. The first-order valence-electron chi connectivity index (χ1n) is 7.00. The minimum absolute atomic E-state index is 0.214. The maximum Gasteiger partial charge on any atom is 0.234 e. The fraction of sp³-hybridized carbons (Fsp3) is 0.923. The normalized spacial score (nSPS) is 27.9. The van der Waals surface area contributed by atoms with E-state index in [-0.39, 0.29) is 5.91 Å². The summed E-state index contributed by atoms with van der Waals surface area (Å²) in [4.78, 5) is 14.2. The average molecular weight is 239 g/mol. The summed E-state index contributed by atoms with van der Waals surface area (Å²) in [6.07, 6.45) is 6.22. The van der Waals surface area contributed by atoms with Gasteiger partial charge in [0.2, 0.25) is 5.91 Å². The molecule has 1 saturated carbocycles. The first kappa shape index (κ1) is 12.8. The number of nitrogens with one attached hydrogen (secondary N) is 2. The van der Waals surface area contributed by atoms with E-state index in [4.69, 9.17) is 0 Å². The van der Waals surface area contributed by atoms with E-state index >= 15 is 0 Å². The van der Waals surface area contributed by atoms with Gasteiger partial charge in [0.1, 0.15) is 0 Å². The van der Waals surface area contributed by atoms with Gasteiger partial charge in [0.05, 0.1) is 6.54 Å². The molecule has 2 aliphatic rings. The lowest BCUT2D eigenvalue weighted by Crippen LogP contribution is -2.53. The third kappa shape index (κ3) is 3.96. The minimum Gasteiger partial charge on any atom is -0.352 e. The number of amides is 1. The summed E-state index contributed by atoms with van der Waals surface area (Å²) in [5.41, 5.74) is 0. The number of hydrogen-bond acceptors (Lipinski definition) is 3. The molecule has 0 aromatic heterocycles. The maximum atomic E-state index is 12.0. The van der Waals surface area contributed by atoms with Crippen LogP contribution in [0.4, 0.5) is 0 Å². The summed E-state index contributed by atoms with van der Waals surface area (Å²) in [5, 5.41) is 6.53. The molecule has 0 spiro atoms. The first-order chi connectivity index (χ1) is 8.25. The van der Waals surface area contributed by atoms with Crippen molar-refractivity contribution in [2.75, 3.05) is 26.2 Å². The zero-order valence-corrected chi connectivity index (χ0v) is 10.9. The van der Waals surface area contributed by atoms with Crippen molar-refractivity contribution < 1.29 is 4.79 Å². The molecular formula is C13H25N3O. The van der Waals surface area contributed by atoms with Gasteiger partial charge in [-0.3, -0.25) is 9.69 Å². The Kier molecular flexibility index (Phi) is 4.80. The molecule has 1 atom stereocenters. The van der Waals surface area contributed by atoms with Gasteiger partial charge in [0, 0.05) is 31.7 Å². The molecule has 0 aromatic carbocycles. The van der Waals surface area contributed by atoms with Gasteiger partial charge < -0.3 is 10.6 Å². The lowest BCUT2D eigenvalue weighted by Gasteiger charge is -2.34. The monoisotopic (exact) mass is 239 g/mol. The van der Waals surface area contributed by atoms with Gasteiger partial charge in [-0.15, -0.1) is 0 Å². The molecule has 1 aliphatic heterocycles. The highest BCUT2D eigenvalue weighted by Gasteiger charge is 2.22. The standard InChI is InChI=1S/C13H25N3O/c1-11-9-14-7-8-16(11)10-13(17)15-12-5-3-2-4-6-12/h11-12,14H,2-10H2,1H3,(H,15,17)/t11-/m1/s1. The summed E-state index contributed by atoms with van der Waals surface area (Å²) in [7, 11) is 0. The third-order valence-electron chi connectivity index (χ3n) is 3.96. The van der Waals surface area contributed by atoms with E-state index in [2.05, 4.69) is 22.5 Å². The predicted octanol–water partition coefficient (Wildman–Crippen LogP) is 0.729. The number of hydrogen-bond donors (Lipinski definition) is 2. The molecule has 1 aliphatic carbocycles. The van der Waals surface area contributed by atoms with E-state index < -0.39 is 0 Å². The van der Waals surface area contributed by atoms with Crippen molar-refractivity contribution in [2.45, 2.75) is 51.1 Å². The molecule has 98 valence electrons. The summed E-state index contributed by atoms with van der Waals surface area (Å²) in [6.45, 7) is 5.73. The molecule has 1 amide bonds. The van der Waals surface area contributed by atoms with E-state index in [1.165, 1.54) is 32.1 Å².